The number of fused-ring (bicyclic) bond motifs is 5. The molecule has 0 aromatic carbocycles. The zero-order valence-corrected chi connectivity index (χ0v) is 29.6. The molecule has 6 nitrogen and oxygen atoms in total. The number of hydrogen-bond acceptors (Lipinski definition) is 5. The number of carbonyl (C=O) groups is 1. The average molecular weight is 628 g/mol. The zero-order chi connectivity index (χ0) is 31.5. The summed E-state index contributed by atoms with van der Waals surface area (Å²) in [5.74, 6) is 4.94. The van der Waals surface area contributed by atoms with Crippen molar-refractivity contribution < 1.29 is 4.79 Å². The molecule has 45 heavy (non-hydrogen) atoms. The van der Waals surface area contributed by atoms with Crippen LogP contribution in [0.2, 0.25) is 0 Å². The predicted molar refractivity (Wildman–Crippen MR) is 189 cm³/mol. The molecule has 5 aliphatic carbocycles. The summed E-state index contributed by atoms with van der Waals surface area (Å²) in [5, 5.41) is 14.5. The quantitative estimate of drug-likeness (QED) is 0.106. The first kappa shape index (κ1) is 35.6. The molecule has 0 saturated heterocycles. The van der Waals surface area contributed by atoms with Crippen LogP contribution in [-0.4, -0.2) is 57.3 Å². The highest BCUT2D eigenvalue weighted by molar-refractivity contribution is 5.76. The molecular formula is C39H73N5O. The van der Waals surface area contributed by atoms with Crippen LogP contribution in [0.15, 0.2) is 0 Å². The number of rotatable bonds is 18. The second-order valence-electron chi connectivity index (χ2n) is 16.9. The van der Waals surface area contributed by atoms with Crippen LogP contribution >= 0.6 is 0 Å². The Kier molecular flexibility index (Phi) is 14.0. The molecule has 5 aliphatic rings. The highest BCUT2D eigenvalue weighted by Gasteiger charge is 2.59. The smallest absolute Gasteiger partial charge is 0.220 e. The molecule has 5 fully saturated rings. The standard InChI is InChI=1S/C39H73N5O/c1-38-22-20-36-34(35(38)18-16-30(38)11-8-14-37(45)44-32-12-4-3-5-13-32)17-15-31-29-33(19-21-39(31,36)2)43-28-10-27-42-25-7-6-24-41-26-9-23-40/h30-36,41-43H,3-29,40H2,1-2H3,(H,44,45). The number of amides is 1. The minimum absolute atomic E-state index is 0.326. The Morgan fingerprint density at radius 2 is 1.40 bits per heavy atom. The maximum Gasteiger partial charge on any atom is 0.220 e. The Balaban J connectivity index is 0.982. The van der Waals surface area contributed by atoms with Gasteiger partial charge in [0, 0.05) is 18.5 Å². The fourth-order valence-electron chi connectivity index (χ4n) is 11.6. The largest absolute Gasteiger partial charge is 0.353 e. The van der Waals surface area contributed by atoms with Gasteiger partial charge in [0.15, 0.2) is 0 Å². The van der Waals surface area contributed by atoms with Crippen molar-refractivity contribution in [2.75, 3.05) is 39.3 Å². The van der Waals surface area contributed by atoms with Crippen molar-refractivity contribution in [3.63, 3.8) is 0 Å². The first-order chi connectivity index (χ1) is 21.9. The van der Waals surface area contributed by atoms with Crippen molar-refractivity contribution in [2.24, 2.45) is 46.2 Å². The molecule has 5 saturated carbocycles. The topological polar surface area (TPSA) is 91.2 Å². The van der Waals surface area contributed by atoms with Gasteiger partial charge in [-0.3, -0.25) is 4.79 Å². The Morgan fingerprint density at radius 1 is 0.689 bits per heavy atom. The van der Waals surface area contributed by atoms with Gasteiger partial charge in [0.2, 0.25) is 5.91 Å². The summed E-state index contributed by atoms with van der Waals surface area (Å²) in [5.41, 5.74) is 6.64. The summed E-state index contributed by atoms with van der Waals surface area (Å²) in [6.45, 7) is 11.8. The van der Waals surface area contributed by atoms with E-state index in [9.17, 15) is 4.79 Å². The number of hydrogen-bond donors (Lipinski definition) is 5. The first-order valence-corrected chi connectivity index (χ1v) is 20.1. The van der Waals surface area contributed by atoms with E-state index < -0.39 is 0 Å². The van der Waals surface area contributed by atoms with Gasteiger partial charge in [-0.2, -0.15) is 0 Å². The molecule has 260 valence electrons. The highest BCUT2D eigenvalue weighted by atomic mass is 16.1. The Labute approximate surface area is 277 Å². The van der Waals surface area contributed by atoms with E-state index >= 15 is 0 Å². The second kappa shape index (κ2) is 17.6. The summed E-state index contributed by atoms with van der Waals surface area (Å²) in [6.07, 6.45) is 27.3. The molecular weight excluding hydrogens is 554 g/mol. The highest BCUT2D eigenvalue weighted by Crippen LogP contribution is 2.67. The SMILES string of the molecule is CC12CCC3C(CCC4CC(NCCCNCCCCNCCCN)CCC43C)C1CCC2CCCC(=O)NC1CCCCC1. The van der Waals surface area contributed by atoms with Gasteiger partial charge >= 0.3 is 0 Å². The lowest BCUT2D eigenvalue weighted by Crippen LogP contribution is -2.55. The van der Waals surface area contributed by atoms with E-state index in [-0.39, 0.29) is 0 Å². The molecule has 1 amide bonds. The van der Waals surface area contributed by atoms with Crippen molar-refractivity contribution in [1.29, 1.82) is 0 Å². The number of carbonyl (C=O) groups excluding carboxylic acids is 1. The van der Waals surface area contributed by atoms with E-state index in [4.69, 9.17) is 5.73 Å². The van der Waals surface area contributed by atoms with E-state index in [1.54, 1.807) is 0 Å². The van der Waals surface area contributed by atoms with Crippen LogP contribution in [0.5, 0.6) is 0 Å². The van der Waals surface area contributed by atoms with E-state index in [2.05, 4.69) is 35.1 Å². The van der Waals surface area contributed by atoms with Gasteiger partial charge in [0.05, 0.1) is 0 Å². The lowest BCUT2D eigenvalue weighted by molar-refractivity contribution is -0.122. The summed E-state index contributed by atoms with van der Waals surface area (Å²) in [4.78, 5) is 12.7. The Morgan fingerprint density at radius 3 is 2.18 bits per heavy atom. The second-order valence-corrected chi connectivity index (χ2v) is 16.9. The molecule has 0 spiro atoms. The van der Waals surface area contributed by atoms with Crippen molar-refractivity contribution in [2.45, 2.75) is 161 Å². The maximum atomic E-state index is 12.7. The van der Waals surface area contributed by atoms with Gasteiger partial charge in [-0.25, -0.2) is 0 Å². The van der Waals surface area contributed by atoms with Gasteiger partial charge in [-0.1, -0.05) is 33.1 Å². The molecule has 6 heteroatoms. The van der Waals surface area contributed by atoms with Crippen molar-refractivity contribution in [1.82, 2.24) is 21.3 Å². The molecule has 0 aliphatic heterocycles. The predicted octanol–water partition coefficient (Wildman–Crippen LogP) is 6.92. The van der Waals surface area contributed by atoms with Crippen LogP contribution < -0.4 is 27.0 Å². The van der Waals surface area contributed by atoms with Gasteiger partial charge < -0.3 is 27.0 Å². The number of unbranched alkanes of at least 4 members (excludes halogenated alkanes) is 1. The van der Waals surface area contributed by atoms with Gasteiger partial charge in [0.25, 0.3) is 0 Å². The van der Waals surface area contributed by atoms with Crippen LogP contribution in [0.25, 0.3) is 0 Å². The minimum atomic E-state index is 0.326. The third-order valence-corrected chi connectivity index (χ3v) is 14.3. The minimum Gasteiger partial charge on any atom is -0.353 e. The molecule has 8 unspecified atom stereocenters. The van der Waals surface area contributed by atoms with Crippen LogP contribution in [0, 0.1) is 40.4 Å². The lowest BCUT2D eigenvalue weighted by atomic mass is 9.44. The summed E-state index contributed by atoms with van der Waals surface area (Å²) < 4.78 is 0. The van der Waals surface area contributed by atoms with Gasteiger partial charge in [-0.15, -0.1) is 0 Å². The van der Waals surface area contributed by atoms with Crippen LogP contribution in [0.4, 0.5) is 0 Å². The van der Waals surface area contributed by atoms with Crippen LogP contribution in [0.3, 0.4) is 0 Å². The van der Waals surface area contributed by atoms with E-state index in [0.717, 1.165) is 94.2 Å². The fraction of sp³-hybridized carbons (Fsp3) is 0.974. The van der Waals surface area contributed by atoms with E-state index in [1.807, 2.05) is 0 Å². The normalized spacial score (nSPS) is 36.7. The third-order valence-electron chi connectivity index (χ3n) is 14.3. The van der Waals surface area contributed by atoms with E-state index in [1.165, 1.54) is 116 Å². The number of nitrogens with two attached hydrogens (primary N) is 1. The van der Waals surface area contributed by atoms with Crippen molar-refractivity contribution in [3.05, 3.63) is 0 Å². The monoisotopic (exact) mass is 628 g/mol. The van der Waals surface area contributed by atoms with Crippen molar-refractivity contribution in [3.8, 4) is 0 Å². The zero-order valence-electron chi connectivity index (χ0n) is 29.6. The maximum absolute atomic E-state index is 12.7. The molecule has 5 rings (SSSR count). The van der Waals surface area contributed by atoms with Crippen molar-refractivity contribution >= 4 is 5.91 Å². The Hall–Kier alpha value is -0.690. The van der Waals surface area contributed by atoms with E-state index in [0.29, 0.717) is 22.8 Å². The molecule has 0 bridgehead atoms. The van der Waals surface area contributed by atoms with Gasteiger partial charge in [0.1, 0.15) is 0 Å². The van der Waals surface area contributed by atoms with Crippen LogP contribution in [-0.2, 0) is 4.79 Å². The molecule has 0 heterocycles. The number of nitrogens with one attached hydrogen (secondary N) is 4. The molecule has 0 aromatic heterocycles. The summed E-state index contributed by atoms with van der Waals surface area (Å²) in [7, 11) is 0. The summed E-state index contributed by atoms with van der Waals surface area (Å²) in [6, 6.07) is 1.19. The summed E-state index contributed by atoms with van der Waals surface area (Å²) >= 11 is 0. The molecule has 0 aromatic rings. The third kappa shape index (κ3) is 9.27. The Bertz CT molecular complexity index is 877. The average Bonchev–Trinajstić information content (AvgIpc) is 3.38. The van der Waals surface area contributed by atoms with Crippen LogP contribution in [0.1, 0.15) is 149 Å². The molecule has 8 atom stereocenters. The fourth-order valence-corrected chi connectivity index (χ4v) is 11.6. The van der Waals surface area contributed by atoms with Gasteiger partial charge in [-0.05, 0) is 189 Å². The molecule has 0 radical (unpaired) electrons. The first-order valence-electron chi connectivity index (χ1n) is 20.1. The lowest BCUT2D eigenvalue weighted by Gasteiger charge is -2.61. The molecule has 6 N–H and O–H groups in total.